The fraction of sp³-hybridized carbons (Fsp3) is 0.571. The summed E-state index contributed by atoms with van der Waals surface area (Å²) in [4.78, 5) is 0. The van der Waals surface area contributed by atoms with Crippen LogP contribution < -0.4 is 10.5 Å². The zero-order chi connectivity index (χ0) is 12.3. The van der Waals surface area contributed by atoms with Crippen LogP contribution in [0.2, 0.25) is 0 Å². The minimum atomic E-state index is 0.730. The molecule has 0 atom stereocenters. The molecule has 0 radical (unpaired) electrons. The molecule has 2 N–H and O–H groups in total. The molecule has 1 aromatic carbocycles. The summed E-state index contributed by atoms with van der Waals surface area (Å²) in [6.45, 7) is 3.70. The molecule has 0 amide bonds. The molecule has 0 aliphatic heterocycles. The number of rotatable bonds is 6. The van der Waals surface area contributed by atoms with Crippen molar-refractivity contribution < 1.29 is 4.74 Å². The van der Waals surface area contributed by atoms with Crippen LogP contribution in [-0.4, -0.2) is 13.2 Å². The van der Waals surface area contributed by atoms with Gasteiger partial charge in [-0.1, -0.05) is 6.07 Å². The predicted molar refractivity (Wildman–Crippen MR) is 74.5 cm³/mol. The molecule has 1 fully saturated rings. The summed E-state index contributed by atoms with van der Waals surface area (Å²) in [6, 6.07) is 4.33. The smallest absolute Gasteiger partial charge is 0.136 e. The van der Waals surface area contributed by atoms with Gasteiger partial charge in [-0.15, -0.1) is 0 Å². The Kier molecular flexibility index (Phi) is 4.46. The van der Waals surface area contributed by atoms with Crippen molar-refractivity contribution >= 4 is 15.9 Å². The van der Waals surface area contributed by atoms with E-state index >= 15 is 0 Å². The Bertz CT molecular complexity index is 388. The molecule has 2 nitrogen and oxygen atoms in total. The minimum absolute atomic E-state index is 0.730. The average Bonchev–Trinajstić information content (AvgIpc) is 3.08. The molecule has 0 unspecified atom stereocenters. The molecule has 17 heavy (non-hydrogen) atoms. The first-order chi connectivity index (χ1) is 8.20. The first-order valence-corrected chi connectivity index (χ1v) is 7.12. The lowest BCUT2D eigenvalue weighted by atomic mass is 10.1. The maximum atomic E-state index is 5.96. The minimum Gasteiger partial charge on any atom is -0.492 e. The molecule has 1 aliphatic carbocycles. The van der Waals surface area contributed by atoms with Crippen molar-refractivity contribution in [3.8, 4) is 5.75 Å². The van der Waals surface area contributed by atoms with Crippen molar-refractivity contribution in [2.24, 2.45) is 11.7 Å². The van der Waals surface area contributed by atoms with Crippen LogP contribution in [0.25, 0.3) is 0 Å². The molecule has 1 aromatic rings. The van der Waals surface area contributed by atoms with E-state index in [0.29, 0.717) is 0 Å². The van der Waals surface area contributed by atoms with E-state index in [2.05, 4.69) is 35.0 Å². The third kappa shape index (κ3) is 3.71. The summed E-state index contributed by atoms with van der Waals surface area (Å²) in [5, 5.41) is 0. The van der Waals surface area contributed by atoms with Crippen LogP contribution in [0.1, 0.15) is 30.4 Å². The molecular formula is C14H20BrNO. The summed E-state index contributed by atoms with van der Waals surface area (Å²) < 4.78 is 7.03. The highest BCUT2D eigenvalue weighted by molar-refractivity contribution is 9.10. The number of hydrogen-bond acceptors (Lipinski definition) is 2. The highest BCUT2D eigenvalue weighted by Gasteiger charge is 2.23. The summed E-state index contributed by atoms with van der Waals surface area (Å²) >= 11 is 3.60. The first kappa shape index (κ1) is 12.9. The largest absolute Gasteiger partial charge is 0.492 e. The Balaban J connectivity index is 2.12. The zero-order valence-electron chi connectivity index (χ0n) is 10.3. The molecule has 0 bridgehead atoms. The monoisotopic (exact) mass is 297 g/mol. The molecule has 0 spiro atoms. The van der Waals surface area contributed by atoms with Gasteiger partial charge in [-0.2, -0.15) is 0 Å². The van der Waals surface area contributed by atoms with Gasteiger partial charge in [-0.05, 0) is 78.2 Å². The second-order valence-corrected chi connectivity index (χ2v) is 5.74. The van der Waals surface area contributed by atoms with E-state index < -0.39 is 0 Å². The van der Waals surface area contributed by atoms with Crippen LogP contribution in [0.3, 0.4) is 0 Å². The fourth-order valence-electron chi connectivity index (χ4n) is 1.93. The van der Waals surface area contributed by atoms with E-state index in [4.69, 9.17) is 10.5 Å². The molecular weight excluding hydrogens is 278 g/mol. The van der Waals surface area contributed by atoms with E-state index in [1.54, 1.807) is 0 Å². The van der Waals surface area contributed by atoms with Gasteiger partial charge in [-0.25, -0.2) is 0 Å². The Morgan fingerprint density at radius 1 is 1.41 bits per heavy atom. The number of nitrogens with two attached hydrogens (primary N) is 1. The van der Waals surface area contributed by atoms with Crippen molar-refractivity contribution in [1.29, 1.82) is 0 Å². The lowest BCUT2D eigenvalue weighted by Gasteiger charge is -2.14. The second kappa shape index (κ2) is 5.87. The quantitative estimate of drug-likeness (QED) is 0.873. The Labute approximate surface area is 112 Å². The van der Waals surface area contributed by atoms with E-state index in [-0.39, 0.29) is 0 Å². The first-order valence-electron chi connectivity index (χ1n) is 6.32. The van der Waals surface area contributed by atoms with Gasteiger partial charge in [-0.3, -0.25) is 0 Å². The summed E-state index contributed by atoms with van der Waals surface area (Å²) in [5.41, 5.74) is 8.13. The topological polar surface area (TPSA) is 35.2 Å². The normalized spacial score (nSPS) is 15.0. The number of ether oxygens (including phenoxy) is 1. The fourth-order valence-corrected chi connectivity index (χ4v) is 2.66. The van der Waals surface area contributed by atoms with Crippen molar-refractivity contribution in [2.45, 2.75) is 32.6 Å². The molecule has 0 aromatic heterocycles. The van der Waals surface area contributed by atoms with Crippen molar-refractivity contribution in [1.82, 2.24) is 0 Å². The molecule has 94 valence electrons. The lowest BCUT2D eigenvalue weighted by molar-refractivity contribution is 0.294. The van der Waals surface area contributed by atoms with Crippen molar-refractivity contribution in [3.63, 3.8) is 0 Å². The standard InChI is InChI=1S/C14H20BrNO/c1-10-7-12(3-2-6-16)14(13(15)8-10)17-9-11-4-5-11/h7-8,11H,2-6,9,16H2,1H3. The third-order valence-corrected chi connectivity index (χ3v) is 3.66. The highest BCUT2D eigenvalue weighted by atomic mass is 79.9. The SMILES string of the molecule is Cc1cc(Br)c(OCC2CC2)c(CCCN)c1. The van der Waals surface area contributed by atoms with E-state index in [0.717, 1.165) is 42.1 Å². The molecule has 0 saturated heterocycles. The van der Waals surface area contributed by atoms with Gasteiger partial charge in [0.05, 0.1) is 11.1 Å². The van der Waals surface area contributed by atoms with Crippen LogP contribution in [0.4, 0.5) is 0 Å². The maximum Gasteiger partial charge on any atom is 0.136 e. The zero-order valence-corrected chi connectivity index (χ0v) is 11.9. The Hall–Kier alpha value is -0.540. The van der Waals surface area contributed by atoms with E-state index in [1.165, 1.54) is 24.0 Å². The van der Waals surface area contributed by atoms with E-state index in [1.807, 2.05) is 0 Å². The van der Waals surface area contributed by atoms with E-state index in [9.17, 15) is 0 Å². The maximum absolute atomic E-state index is 5.96. The van der Waals surface area contributed by atoms with Crippen molar-refractivity contribution in [3.05, 3.63) is 27.7 Å². The van der Waals surface area contributed by atoms with Gasteiger partial charge in [0.2, 0.25) is 0 Å². The summed E-state index contributed by atoms with van der Waals surface area (Å²) in [5.74, 6) is 1.81. The Morgan fingerprint density at radius 3 is 2.82 bits per heavy atom. The van der Waals surface area contributed by atoms with Crippen LogP contribution in [0.15, 0.2) is 16.6 Å². The summed E-state index contributed by atoms with van der Waals surface area (Å²) in [6.07, 6.45) is 4.65. The average molecular weight is 298 g/mol. The van der Waals surface area contributed by atoms with Crippen LogP contribution >= 0.6 is 15.9 Å². The lowest BCUT2D eigenvalue weighted by Crippen LogP contribution is -2.05. The number of halogens is 1. The van der Waals surface area contributed by atoms with Gasteiger partial charge in [0.1, 0.15) is 5.75 Å². The highest BCUT2D eigenvalue weighted by Crippen LogP contribution is 2.35. The third-order valence-electron chi connectivity index (χ3n) is 3.08. The van der Waals surface area contributed by atoms with Gasteiger partial charge in [0, 0.05) is 0 Å². The van der Waals surface area contributed by atoms with Gasteiger partial charge in [0.25, 0.3) is 0 Å². The summed E-state index contributed by atoms with van der Waals surface area (Å²) in [7, 11) is 0. The van der Waals surface area contributed by atoms with Gasteiger partial charge in [0.15, 0.2) is 0 Å². The van der Waals surface area contributed by atoms with Gasteiger partial charge >= 0.3 is 0 Å². The molecule has 3 heteroatoms. The van der Waals surface area contributed by atoms with Crippen LogP contribution in [0.5, 0.6) is 5.75 Å². The van der Waals surface area contributed by atoms with Crippen LogP contribution in [-0.2, 0) is 6.42 Å². The molecule has 1 saturated carbocycles. The second-order valence-electron chi connectivity index (χ2n) is 4.88. The number of benzene rings is 1. The van der Waals surface area contributed by atoms with Gasteiger partial charge < -0.3 is 10.5 Å². The predicted octanol–water partition coefficient (Wildman–Crippen LogP) is 3.44. The van der Waals surface area contributed by atoms with Crippen molar-refractivity contribution in [2.75, 3.05) is 13.2 Å². The molecule has 2 rings (SSSR count). The molecule has 0 heterocycles. The Morgan fingerprint density at radius 2 is 2.18 bits per heavy atom. The number of aryl methyl sites for hydroxylation is 2. The number of hydrogen-bond donors (Lipinski definition) is 1. The molecule has 1 aliphatic rings. The van der Waals surface area contributed by atoms with Crippen LogP contribution in [0, 0.1) is 12.8 Å².